The van der Waals surface area contributed by atoms with Gasteiger partial charge in [-0.25, -0.2) is 9.97 Å². The highest BCUT2D eigenvalue weighted by Crippen LogP contribution is 2.29. The molecular weight excluding hydrogens is 200 g/mol. The maximum Gasteiger partial charge on any atom is 0.125 e. The van der Waals surface area contributed by atoms with Gasteiger partial charge in [-0.05, 0) is 32.4 Å². The molecule has 0 spiro atoms. The van der Waals surface area contributed by atoms with E-state index < -0.39 is 0 Å². The van der Waals surface area contributed by atoms with E-state index in [1.807, 2.05) is 19.2 Å². The molecule has 2 rings (SSSR count). The monoisotopic (exact) mass is 220 g/mol. The van der Waals surface area contributed by atoms with Crippen molar-refractivity contribution in [3.8, 4) is 0 Å². The SMILES string of the molecule is CCCN1CCC(N)C1c1ccnc(C)n1. The Labute approximate surface area is 96.9 Å². The van der Waals surface area contributed by atoms with E-state index in [9.17, 15) is 0 Å². The number of hydrogen-bond donors (Lipinski definition) is 1. The maximum atomic E-state index is 6.18. The van der Waals surface area contributed by atoms with Crippen LogP contribution in [0, 0.1) is 6.92 Å². The molecule has 1 aliphatic heterocycles. The van der Waals surface area contributed by atoms with Gasteiger partial charge >= 0.3 is 0 Å². The van der Waals surface area contributed by atoms with Crippen molar-refractivity contribution in [3.63, 3.8) is 0 Å². The first-order valence-electron chi connectivity index (χ1n) is 6.01. The number of rotatable bonds is 3. The third kappa shape index (κ3) is 2.23. The molecule has 0 aromatic carbocycles. The summed E-state index contributed by atoms with van der Waals surface area (Å²) in [4.78, 5) is 11.1. The molecule has 4 nitrogen and oxygen atoms in total. The minimum Gasteiger partial charge on any atom is -0.326 e. The minimum absolute atomic E-state index is 0.209. The van der Waals surface area contributed by atoms with Crippen LogP contribution in [0.25, 0.3) is 0 Å². The van der Waals surface area contributed by atoms with Crippen LogP contribution in [-0.4, -0.2) is 34.0 Å². The normalized spacial score (nSPS) is 26.2. The molecule has 0 bridgehead atoms. The summed E-state index contributed by atoms with van der Waals surface area (Å²) in [5, 5.41) is 0. The Hall–Kier alpha value is -1.00. The van der Waals surface area contributed by atoms with Crippen LogP contribution in [0.2, 0.25) is 0 Å². The van der Waals surface area contributed by atoms with Gasteiger partial charge in [0.15, 0.2) is 0 Å². The van der Waals surface area contributed by atoms with Gasteiger partial charge in [0, 0.05) is 18.8 Å². The van der Waals surface area contributed by atoms with Crippen molar-refractivity contribution in [2.45, 2.75) is 38.8 Å². The number of nitrogens with two attached hydrogens (primary N) is 1. The molecule has 1 aromatic heterocycles. The highest BCUT2D eigenvalue weighted by atomic mass is 15.2. The molecule has 88 valence electrons. The molecule has 2 unspecified atom stereocenters. The molecule has 1 aromatic rings. The first-order valence-corrected chi connectivity index (χ1v) is 6.01. The van der Waals surface area contributed by atoms with Gasteiger partial charge in [-0.2, -0.15) is 0 Å². The van der Waals surface area contributed by atoms with Gasteiger partial charge in [-0.1, -0.05) is 6.92 Å². The Bertz CT molecular complexity index is 351. The van der Waals surface area contributed by atoms with Crippen molar-refractivity contribution < 1.29 is 0 Å². The molecule has 0 radical (unpaired) electrons. The number of aromatic nitrogens is 2. The van der Waals surface area contributed by atoms with Gasteiger partial charge in [0.2, 0.25) is 0 Å². The minimum atomic E-state index is 0.209. The molecule has 0 amide bonds. The molecule has 1 fully saturated rings. The number of nitrogens with zero attached hydrogens (tertiary/aromatic N) is 3. The Morgan fingerprint density at radius 1 is 1.56 bits per heavy atom. The second-order valence-electron chi connectivity index (χ2n) is 4.46. The summed E-state index contributed by atoms with van der Waals surface area (Å²) in [6.07, 6.45) is 4.05. The first kappa shape index (κ1) is 11.5. The fraction of sp³-hybridized carbons (Fsp3) is 0.667. The Morgan fingerprint density at radius 2 is 2.38 bits per heavy atom. The molecule has 0 aliphatic carbocycles. The second kappa shape index (κ2) is 4.89. The average molecular weight is 220 g/mol. The summed E-state index contributed by atoms with van der Waals surface area (Å²) >= 11 is 0. The van der Waals surface area contributed by atoms with Gasteiger partial charge in [0.1, 0.15) is 5.82 Å². The Kier molecular flexibility index (Phi) is 3.51. The van der Waals surface area contributed by atoms with Crippen LogP contribution >= 0.6 is 0 Å². The Balaban J connectivity index is 2.22. The van der Waals surface area contributed by atoms with Crippen molar-refractivity contribution in [3.05, 3.63) is 23.8 Å². The van der Waals surface area contributed by atoms with Crippen LogP contribution in [0.15, 0.2) is 12.3 Å². The standard InChI is InChI=1S/C12H20N4/c1-3-7-16-8-5-10(13)12(16)11-4-6-14-9(2)15-11/h4,6,10,12H,3,5,7-8,13H2,1-2H3. The van der Waals surface area contributed by atoms with Crippen molar-refractivity contribution in [2.24, 2.45) is 5.73 Å². The van der Waals surface area contributed by atoms with Crippen molar-refractivity contribution in [1.29, 1.82) is 0 Å². The highest BCUT2D eigenvalue weighted by molar-refractivity contribution is 5.12. The topological polar surface area (TPSA) is 55.0 Å². The van der Waals surface area contributed by atoms with Crippen molar-refractivity contribution >= 4 is 0 Å². The summed E-state index contributed by atoms with van der Waals surface area (Å²) in [6.45, 7) is 6.31. The van der Waals surface area contributed by atoms with Gasteiger partial charge in [0.25, 0.3) is 0 Å². The van der Waals surface area contributed by atoms with E-state index in [4.69, 9.17) is 5.73 Å². The summed E-state index contributed by atoms with van der Waals surface area (Å²) < 4.78 is 0. The molecular formula is C12H20N4. The van der Waals surface area contributed by atoms with Crippen LogP contribution in [0.4, 0.5) is 0 Å². The predicted octanol–water partition coefficient (Wildman–Crippen LogP) is 1.27. The van der Waals surface area contributed by atoms with Gasteiger partial charge in [-0.3, -0.25) is 4.90 Å². The molecule has 2 atom stereocenters. The zero-order valence-corrected chi connectivity index (χ0v) is 10.1. The molecule has 2 N–H and O–H groups in total. The smallest absolute Gasteiger partial charge is 0.125 e. The second-order valence-corrected chi connectivity index (χ2v) is 4.46. The first-order chi connectivity index (χ1) is 7.72. The van der Waals surface area contributed by atoms with Crippen LogP contribution in [0.5, 0.6) is 0 Å². The summed E-state index contributed by atoms with van der Waals surface area (Å²) in [7, 11) is 0. The lowest BCUT2D eigenvalue weighted by Crippen LogP contribution is -2.33. The third-order valence-electron chi connectivity index (χ3n) is 3.16. The van der Waals surface area contributed by atoms with Crippen molar-refractivity contribution in [2.75, 3.05) is 13.1 Å². The van der Waals surface area contributed by atoms with E-state index in [0.29, 0.717) is 0 Å². The number of likely N-dealkylation sites (tertiary alicyclic amines) is 1. The molecule has 2 heterocycles. The van der Waals surface area contributed by atoms with Crippen LogP contribution < -0.4 is 5.73 Å². The van der Waals surface area contributed by atoms with Gasteiger partial charge < -0.3 is 5.73 Å². The van der Waals surface area contributed by atoms with E-state index >= 15 is 0 Å². The van der Waals surface area contributed by atoms with Gasteiger partial charge in [-0.15, -0.1) is 0 Å². The zero-order chi connectivity index (χ0) is 11.5. The van der Waals surface area contributed by atoms with Gasteiger partial charge in [0.05, 0.1) is 11.7 Å². The molecule has 1 aliphatic rings. The van der Waals surface area contributed by atoms with E-state index in [1.54, 1.807) is 0 Å². The molecule has 4 heteroatoms. The summed E-state index contributed by atoms with van der Waals surface area (Å²) in [6, 6.07) is 2.48. The summed E-state index contributed by atoms with van der Waals surface area (Å²) in [5.74, 6) is 0.827. The number of hydrogen-bond acceptors (Lipinski definition) is 4. The van der Waals surface area contributed by atoms with E-state index in [-0.39, 0.29) is 12.1 Å². The Morgan fingerprint density at radius 3 is 3.06 bits per heavy atom. The number of aryl methyl sites for hydroxylation is 1. The van der Waals surface area contributed by atoms with Crippen LogP contribution in [-0.2, 0) is 0 Å². The maximum absolute atomic E-state index is 6.18. The summed E-state index contributed by atoms with van der Waals surface area (Å²) in [5.41, 5.74) is 7.25. The van der Waals surface area contributed by atoms with Crippen molar-refractivity contribution in [1.82, 2.24) is 14.9 Å². The lowest BCUT2D eigenvalue weighted by molar-refractivity contribution is 0.243. The third-order valence-corrected chi connectivity index (χ3v) is 3.16. The van der Waals surface area contributed by atoms with E-state index in [0.717, 1.165) is 37.4 Å². The lowest BCUT2D eigenvalue weighted by atomic mass is 10.1. The highest BCUT2D eigenvalue weighted by Gasteiger charge is 2.33. The predicted molar refractivity (Wildman–Crippen MR) is 64.0 cm³/mol. The average Bonchev–Trinajstić information content (AvgIpc) is 2.60. The zero-order valence-electron chi connectivity index (χ0n) is 10.1. The largest absolute Gasteiger partial charge is 0.326 e. The van der Waals surface area contributed by atoms with Crippen LogP contribution in [0.1, 0.15) is 37.3 Å². The van der Waals surface area contributed by atoms with E-state index in [2.05, 4.69) is 21.8 Å². The van der Waals surface area contributed by atoms with Crippen LogP contribution in [0.3, 0.4) is 0 Å². The molecule has 16 heavy (non-hydrogen) atoms. The quantitative estimate of drug-likeness (QED) is 0.833. The fourth-order valence-corrected chi connectivity index (χ4v) is 2.47. The van der Waals surface area contributed by atoms with E-state index in [1.165, 1.54) is 0 Å². The molecule has 0 saturated carbocycles. The lowest BCUT2D eigenvalue weighted by Gasteiger charge is -2.25. The fourth-order valence-electron chi connectivity index (χ4n) is 2.47. The molecule has 1 saturated heterocycles.